The van der Waals surface area contributed by atoms with Gasteiger partial charge in [0, 0.05) is 24.3 Å². The van der Waals surface area contributed by atoms with Gasteiger partial charge in [0.05, 0.1) is 0 Å². The van der Waals surface area contributed by atoms with Crippen molar-refractivity contribution >= 4 is 5.91 Å². The number of hydrogen-bond acceptors (Lipinski definition) is 4. The first kappa shape index (κ1) is 14.3. The molecule has 1 aromatic carbocycles. The Bertz CT molecular complexity index is 397. The lowest BCUT2D eigenvalue weighted by atomic mass is 10.0. The van der Waals surface area contributed by atoms with Crippen LogP contribution in [0, 0.1) is 5.92 Å². The molecule has 5 heteroatoms. The van der Waals surface area contributed by atoms with Crippen molar-refractivity contribution in [3.8, 4) is 11.5 Å². The smallest absolute Gasteiger partial charge is 0.251 e. The monoisotopic (exact) mass is 253 g/mol. The van der Waals surface area contributed by atoms with E-state index < -0.39 is 0 Å². The normalized spacial score (nSPS) is 12.4. The zero-order valence-electron chi connectivity index (χ0n) is 10.6. The number of carbonyl (C=O) groups is 1. The number of aliphatic hydroxyl groups excluding tert-OH is 1. The second kappa shape index (κ2) is 6.26. The zero-order valence-corrected chi connectivity index (χ0v) is 10.6. The molecular formula is C13H19NO4. The van der Waals surface area contributed by atoms with Gasteiger partial charge < -0.3 is 20.6 Å². The Labute approximate surface area is 106 Å². The minimum atomic E-state index is -0.381. The summed E-state index contributed by atoms with van der Waals surface area (Å²) in [6.07, 6.45) is 0.466. The summed E-state index contributed by atoms with van der Waals surface area (Å²) >= 11 is 0. The van der Waals surface area contributed by atoms with Crippen LogP contribution in [0.4, 0.5) is 0 Å². The number of aromatic hydroxyl groups is 2. The molecule has 0 aliphatic rings. The van der Waals surface area contributed by atoms with Crippen LogP contribution in [-0.2, 0) is 0 Å². The number of hydrogen-bond donors (Lipinski definition) is 4. The molecule has 0 saturated heterocycles. The number of benzene rings is 1. The highest BCUT2D eigenvalue weighted by Crippen LogP contribution is 2.20. The fraction of sp³-hybridized carbons (Fsp3) is 0.462. The van der Waals surface area contributed by atoms with Gasteiger partial charge >= 0.3 is 0 Å². The molecule has 1 amide bonds. The molecule has 0 aliphatic carbocycles. The summed E-state index contributed by atoms with van der Waals surface area (Å²) in [4.78, 5) is 11.9. The second-order valence-electron chi connectivity index (χ2n) is 4.57. The molecule has 1 unspecified atom stereocenters. The summed E-state index contributed by atoms with van der Waals surface area (Å²) in [5, 5.41) is 30.3. The lowest BCUT2D eigenvalue weighted by molar-refractivity contribution is 0.0916. The predicted octanol–water partition coefficient (Wildman–Crippen LogP) is 1.23. The average molecular weight is 253 g/mol. The Kier molecular flexibility index (Phi) is 4.97. The van der Waals surface area contributed by atoms with Crippen LogP contribution < -0.4 is 5.32 Å². The van der Waals surface area contributed by atoms with Crippen molar-refractivity contribution in [2.75, 3.05) is 6.61 Å². The maximum absolute atomic E-state index is 11.9. The third-order valence-corrected chi connectivity index (χ3v) is 2.73. The second-order valence-corrected chi connectivity index (χ2v) is 4.57. The molecule has 0 aliphatic heterocycles. The van der Waals surface area contributed by atoms with Crippen molar-refractivity contribution < 1.29 is 20.1 Å². The first-order chi connectivity index (χ1) is 8.43. The molecule has 0 bridgehead atoms. The summed E-state index contributed by atoms with van der Waals surface area (Å²) in [7, 11) is 0. The van der Waals surface area contributed by atoms with Crippen molar-refractivity contribution in [3.63, 3.8) is 0 Å². The molecule has 1 rings (SSSR count). The van der Waals surface area contributed by atoms with Crippen LogP contribution in [0.3, 0.4) is 0 Å². The minimum absolute atomic E-state index is 0.00554. The highest BCUT2D eigenvalue weighted by atomic mass is 16.3. The summed E-state index contributed by atoms with van der Waals surface area (Å²) in [6.45, 7) is 3.88. The summed E-state index contributed by atoms with van der Waals surface area (Å²) < 4.78 is 0. The van der Waals surface area contributed by atoms with Crippen molar-refractivity contribution in [2.24, 2.45) is 5.92 Å². The van der Waals surface area contributed by atoms with E-state index in [1.807, 2.05) is 13.8 Å². The minimum Gasteiger partial charge on any atom is -0.508 e. The lowest BCUT2D eigenvalue weighted by Gasteiger charge is -2.21. The van der Waals surface area contributed by atoms with Gasteiger partial charge in [0.2, 0.25) is 0 Å². The zero-order chi connectivity index (χ0) is 13.7. The van der Waals surface area contributed by atoms with E-state index in [0.29, 0.717) is 6.42 Å². The lowest BCUT2D eigenvalue weighted by Crippen LogP contribution is -2.39. The molecule has 0 aromatic heterocycles. The Morgan fingerprint density at radius 2 is 1.78 bits per heavy atom. The van der Waals surface area contributed by atoms with Gasteiger partial charge in [0.25, 0.3) is 5.91 Å². The molecule has 4 N–H and O–H groups in total. The number of rotatable bonds is 5. The maximum Gasteiger partial charge on any atom is 0.251 e. The average Bonchev–Trinajstić information content (AvgIpc) is 2.26. The Hall–Kier alpha value is -1.75. The van der Waals surface area contributed by atoms with Crippen LogP contribution in [0.1, 0.15) is 30.6 Å². The first-order valence-corrected chi connectivity index (χ1v) is 5.88. The van der Waals surface area contributed by atoms with Gasteiger partial charge in [0.1, 0.15) is 11.5 Å². The molecular weight excluding hydrogens is 234 g/mol. The third-order valence-electron chi connectivity index (χ3n) is 2.73. The van der Waals surface area contributed by atoms with Gasteiger partial charge in [-0.15, -0.1) is 0 Å². The highest BCUT2D eigenvalue weighted by Gasteiger charge is 2.17. The van der Waals surface area contributed by atoms with Gasteiger partial charge in [0.15, 0.2) is 0 Å². The van der Waals surface area contributed by atoms with E-state index in [1.54, 1.807) is 0 Å². The summed E-state index contributed by atoms with van der Waals surface area (Å²) in [5.74, 6) is -0.521. The van der Waals surface area contributed by atoms with Crippen LogP contribution in [0.25, 0.3) is 0 Å². The van der Waals surface area contributed by atoms with Crippen LogP contribution >= 0.6 is 0 Å². The molecule has 0 radical (unpaired) electrons. The largest absolute Gasteiger partial charge is 0.508 e. The van der Waals surface area contributed by atoms with E-state index in [2.05, 4.69) is 5.32 Å². The molecule has 100 valence electrons. The van der Waals surface area contributed by atoms with E-state index in [9.17, 15) is 15.0 Å². The standard InChI is InChI=1S/C13H19NO4/c1-8(2)12(3-4-15)14-13(18)9-5-10(16)7-11(17)6-9/h5-8,12,15-17H,3-4H2,1-2H3,(H,14,18). The van der Waals surface area contributed by atoms with Crippen LogP contribution in [0.5, 0.6) is 11.5 Å². The van der Waals surface area contributed by atoms with Gasteiger partial charge in [-0.3, -0.25) is 4.79 Å². The Balaban J connectivity index is 2.80. The fourth-order valence-corrected chi connectivity index (χ4v) is 1.69. The molecule has 0 fully saturated rings. The number of amides is 1. The van der Waals surface area contributed by atoms with Crippen molar-refractivity contribution in [1.82, 2.24) is 5.32 Å². The highest BCUT2D eigenvalue weighted by molar-refractivity contribution is 5.95. The van der Waals surface area contributed by atoms with E-state index in [0.717, 1.165) is 6.07 Å². The van der Waals surface area contributed by atoms with Gasteiger partial charge in [-0.05, 0) is 24.5 Å². The van der Waals surface area contributed by atoms with Crippen molar-refractivity contribution in [3.05, 3.63) is 23.8 Å². The Morgan fingerprint density at radius 3 is 2.22 bits per heavy atom. The molecule has 18 heavy (non-hydrogen) atoms. The van der Waals surface area contributed by atoms with E-state index in [-0.39, 0.29) is 41.5 Å². The third kappa shape index (κ3) is 3.92. The van der Waals surface area contributed by atoms with Crippen LogP contribution in [0.15, 0.2) is 18.2 Å². The molecule has 1 aromatic rings. The van der Waals surface area contributed by atoms with E-state index in [4.69, 9.17) is 5.11 Å². The first-order valence-electron chi connectivity index (χ1n) is 5.88. The SMILES string of the molecule is CC(C)C(CCO)NC(=O)c1cc(O)cc(O)c1. The van der Waals surface area contributed by atoms with Crippen molar-refractivity contribution in [2.45, 2.75) is 26.3 Å². The number of phenols is 2. The molecule has 5 nitrogen and oxygen atoms in total. The summed E-state index contributed by atoms with van der Waals surface area (Å²) in [5.41, 5.74) is 0.191. The fourth-order valence-electron chi connectivity index (χ4n) is 1.69. The van der Waals surface area contributed by atoms with Crippen LogP contribution in [0.2, 0.25) is 0 Å². The Morgan fingerprint density at radius 1 is 1.22 bits per heavy atom. The summed E-state index contributed by atoms with van der Waals surface area (Å²) in [6, 6.07) is 3.58. The van der Waals surface area contributed by atoms with Gasteiger partial charge in [-0.2, -0.15) is 0 Å². The number of phenolic OH excluding ortho intramolecular Hbond substituents is 2. The van der Waals surface area contributed by atoms with E-state index in [1.165, 1.54) is 12.1 Å². The van der Waals surface area contributed by atoms with Crippen LogP contribution in [-0.4, -0.2) is 33.9 Å². The molecule has 0 spiro atoms. The quantitative estimate of drug-likeness (QED) is 0.635. The maximum atomic E-state index is 11.9. The molecule has 1 atom stereocenters. The number of aliphatic hydroxyl groups is 1. The van der Waals surface area contributed by atoms with Gasteiger partial charge in [-0.25, -0.2) is 0 Å². The van der Waals surface area contributed by atoms with Crippen molar-refractivity contribution in [1.29, 1.82) is 0 Å². The molecule has 0 heterocycles. The number of nitrogens with one attached hydrogen (secondary N) is 1. The predicted molar refractivity (Wildman–Crippen MR) is 67.6 cm³/mol. The molecule has 0 saturated carbocycles. The number of carbonyl (C=O) groups excluding carboxylic acids is 1. The van der Waals surface area contributed by atoms with Gasteiger partial charge in [-0.1, -0.05) is 13.8 Å². The van der Waals surface area contributed by atoms with E-state index >= 15 is 0 Å². The topological polar surface area (TPSA) is 89.8 Å².